The number of ether oxygens (including phenoxy) is 1. The second-order valence-corrected chi connectivity index (χ2v) is 4.51. The van der Waals surface area contributed by atoms with Gasteiger partial charge in [0, 0.05) is 29.6 Å². The van der Waals surface area contributed by atoms with Gasteiger partial charge in [-0.1, -0.05) is 24.8 Å². The minimum atomic E-state index is -0.524. The Balaban J connectivity index is 2.00. The van der Waals surface area contributed by atoms with Crippen LogP contribution < -0.4 is 15.4 Å². The third-order valence-corrected chi connectivity index (χ3v) is 2.77. The highest BCUT2D eigenvalue weighted by Crippen LogP contribution is 2.19. The zero-order valence-electron chi connectivity index (χ0n) is 12.2. The Morgan fingerprint density at radius 3 is 2.48 bits per heavy atom. The fraction of sp³-hybridized carbons (Fsp3) is 0.0625. The summed E-state index contributed by atoms with van der Waals surface area (Å²) < 4.78 is 5.37. The number of carbonyl (C=O) groups is 1. The van der Waals surface area contributed by atoms with Crippen LogP contribution >= 0.6 is 0 Å². The predicted octanol–water partition coefficient (Wildman–Crippen LogP) is 3.80. The molecule has 0 radical (unpaired) electrons. The van der Waals surface area contributed by atoms with Gasteiger partial charge in [0.1, 0.15) is 12.4 Å². The number of nitrogens with one attached hydrogen (secondary N) is 2. The first-order valence-corrected chi connectivity index (χ1v) is 6.74. The second-order valence-electron chi connectivity index (χ2n) is 4.51. The maximum absolute atomic E-state index is 11.9. The number of rotatable bonds is 6. The van der Waals surface area contributed by atoms with Crippen molar-refractivity contribution in [3.05, 3.63) is 71.3 Å². The van der Waals surface area contributed by atoms with Crippen LogP contribution in [-0.2, 0) is 0 Å². The van der Waals surface area contributed by atoms with Gasteiger partial charge in [0.25, 0.3) is 5.69 Å². The van der Waals surface area contributed by atoms with E-state index in [2.05, 4.69) is 17.2 Å². The van der Waals surface area contributed by atoms with E-state index in [1.807, 2.05) is 0 Å². The van der Waals surface area contributed by atoms with Crippen LogP contribution in [-0.4, -0.2) is 17.6 Å². The van der Waals surface area contributed by atoms with Gasteiger partial charge in [0.15, 0.2) is 0 Å². The van der Waals surface area contributed by atoms with Gasteiger partial charge < -0.3 is 15.4 Å². The van der Waals surface area contributed by atoms with E-state index in [1.54, 1.807) is 36.4 Å². The summed E-state index contributed by atoms with van der Waals surface area (Å²) in [6.45, 7) is 3.92. The largest absolute Gasteiger partial charge is 0.489 e. The van der Waals surface area contributed by atoms with Gasteiger partial charge in [0.05, 0.1) is 4.92 Å². The molecule has 0 bridgehead atoms. The Kier molecular flexibility index (Phi) is 5.30. The molecule has 118 valence electrons. The van der Waals surface area contributed by atoms with Crippen molar-refractivity contribution in [2.24, 2.45) is 0 Å². The molecule has 2 rings (SSSR count). The van der Waals surface area contributed by atoms with Crippen LogP contribution in [0.5, 0.6) is 5.75 Å². The SMILES string of the molecule is C=CCOc1cccc(NC(=O)Nc2cccc([N+](=O)[O-])c2)c1. The molecule has 0 heterocycles. The Bertz CT molecular complexity index is 731. The van der Waals surface area contributed by atoms with Crippen molar-refractivity contribution in [1.29, 1.82) is 0 Å². The molecule has 0 saturated carbocycles. The lowest BCUT2D eigenvalue weighted by molar-refractivity contribution is -0.384. The summed E-state index contributed by atoms with van der Waals surface area (Å²) in [5.74, 6) is 0.595. The van der Waals surface area contributed by atoms with Gasteiger partial charge in [-0.15, -0.1) is 0 Å². The van der Waals surface area contributed by atoms with Crippen molar-refractivity contribution in [3.63, 3.8) is 0 Å². The van der Waals surface area contributed by atoms with E-state index in [0.29, 0.717) is 23.7 Å². The van der Waals surface area contributed by atoms with E-state index in [1.165, 1.54) is 18.2 Å². The summed E-state index contributed by atoms with van der Waals surface area (Å²) in [4.78, 5) is 22.1. The quantitative estimate of drug-likeness (QED) is 0.482. The van der Waals surface area contributed by atoms with Crippen LogP contribution in [0, 0.1) is 10.1 Å². The van der Waals surface area contributed by atoms with Crippen LogP contribution in [0.3, 0.4) is 0 Å². The molecule has 23 heavy (non-hydrogen) atoms. The average Bonchev–Trinajstić information content (AvgIpc) is 2.53. The summed E-state index contributed by atoms with van der Waals surface area (Å²) >= 11 is 0. The summed E-state index contributed by atoms with van der Waals surface area (Å²) in [5.41, 5.74) is 0.771. The second kappa shape index (κ2) is 7.60. The number of nitro groups is 1. The van der Waals surface area contributed by atoms with E-state index in [4.69, 9.17) is 4.74 Å². The number of urea groups is 1. The number of hydrogen-bond donors (Lipinski definition) is 2. The molecule has 7 heteroatoms. The van der Waals surface area contributed by atoms with Crippen LogP contribution in [0.25, 0.3) is 0 Å². The Labute approximate surface area is 132 Å². The van der Waals surface area contributed by atoms with Gasteiger partial charge in [0.2, 0.25) is 0 Å². The Morgan fingerprint density at radius 1 is 1.17 bits per heavy atom. The number of nitrogens with zero attached hydrogens (tertiary/aromatic N) is 1. The van der Waals surface area contributed by atoms with Gasteiger partial charge in [-0.25, -0.2) is 4.79 Å². The molecule has 0 aliphatic heterocycles. The average molecular weight is 313 g/mol. The van der Waals surface area contributed by atoms with E-state index in [9.17, 15) is 14.9 Å². The number of hydrogen-bond acceptors (Lipinski definition) is 4. The molecule has 0 unspecified atom stereocenters. The molecule has 0 fully saturated rings. The first-order chi connectivity index (χ1) is 11.1. The topological polar surface area (TPSA) is 93.5 Å². The van der Waals surface area contributed by atoms with Crippen molar-refractivity contribution in [3.8, 4) is 5.75 Å². The highest BCUT2D eigenvalue weighted by molar-refractivity contribution is 6.00. The third-order valence-electron chi connectivity index (χ3n) is 2.77. The van der Waals surface area contributed by atoms with Crippen LogP contribution in [0.4, 0.5) is 21.9 Å². The minimum absolute atomic E-state index is 0.0948. The maximum Gasteiger partial charge on any atom is 0.323 e. The Morgan fingerprint density at radius 2 is 1.83 bits per heavy atom. The molecule has 0 saturated heterocycles. The smallest absolute Gasteiger partial charge is 0.323 e. The predicted molar refractivity (Wildman–Crippen MR) is 87.9 cm³/mol. The summed E-state index contributed by atoms with van der Waals surface area (Å²) in [7, 11) is 0. The number of nitro benzene ring substituents is 1. The van der Waals surface area contributed by atoms with Gasteiger partial charge in [-0.05, 0) is 18.2 Å². The molecule has 2 amide bonds. The zero-order valence-corrected chi connectivity index (χ0v) is 12.2. The lowest BCUT2D eigenvalue weighted by Gasteiger charge is -2.09. The normalized spacial score (nSPS) is 9.74. The van der Waals surface area contributed by atoms with Crippen LogP contribution in [0.2, 0.25) is 0 Å². The molecular formula is C16H15N3O4. The summed E-state index contributed by atoms with van der Waals surface area (Å²) in [6, 6.07) is 12.0. The lowest BCUT2D eigenvalue weighted by atomic mass is 10.3. The van der Waals surface area contributed by atoms with Crippen molar-refractivity contribution < 1.29 is 14.5 Å². The fourth-order valence-electron chi connectivity index (χ4n) is 1.81. The first-order valence-electron chi connectivity index (χ1n) is 6.74. The van der Waals surface area contributed by atoms with E-state index in [-0.39, 0.29) is 5.69 Å². The van der Waals surface area contributed by atoms with Gasteiger partial charge in [-0.2, -0.15) is 0 Å². The van der Waals surface area contributed by atoms with Gasteiger partial charge >= 0.3 is 6.03 Å². The molecule has 0 aromatic heterocycles. The molecule has 2 N–H and O–H groups in total. The molecule has 0 spiro atoms. The van der Waals surface area contributed by atoms with Crippen molar-refractivity contribution >= 4 is 23.1 Å². The molecular weight excluding hydrogens is 298 g/mol. The van der Waals surface area contributed by atoms with E-state index in [0.717, 1.165) is 0 Å². The fourth-order valence-corrected chi connectivity index (χ4v) is 1.81. The van der Waals surface area contributed by atoms with E-state index >= 15 is 0 Å². The molecule has 7 nitrogen and oxygen atoms in total. The number of benzene rings is 2. The number of non-ortho nitro benzene ring substituents is 1. The monoisotopic (exact) mass is 313 g/mol. The van der Waals surface area contributed by atoms with Crippen molar-refractivity contribution in [1.82, 2.24) is 0 Å². The molecule has 0 atom stereocenters. The van der Waals surface area contributed by atoms with Crippen molar-refractivity contribution in [2.75, 3.05) is 17.2 Å². The zero-order chi connectivity index (χ0) is 16.7. The summed E-state index contributed by atoms with van der Waals surface area (Å²) in [6.07, 6.45) is 1.62. The standard InChI is InChI=1S/C16H15N3O4/c1-2-9-23-15-8-4-6-13(11-15)18-16(20)17-12-5-3-7-14(10-12)19(21)22/h2-8,10-11H,1,9H2,(H2,17,18,20). The van der Waals surface area contributed by atoms with Crippen LogP contribution in [0.1, 0.15) is 0 Å². The minimum Gasteiger partial charge on any atom is -0.489 e. The van der Waals surface area contributed by atoms with Gasteiger partial charge in [-0.3, -0.25) is 10.1 Å². The number of carbonyl (C=O) groups excluding carboxylic acids is 1. The number of amides is 2. The Hall–Kier alpha value is -3.35. The highest BCUT2D eigenvalue weighted by Gasteiger charge is 2.08. The highest BCUT2D eigenvalue weighted by atomic mass is 16.6. The van der Waals surface area contributed by atoms with Crippen molar-refractivity contribution in [2.45, 2.75) is 0 Å². The molecule has 2 aromatic carbocycles. The first kappa shape index (κ1) is 16.0. The molecule has 2 aromatic rings. The molecule has 0 aliphatic carbocycles. The number of anilines is 2. The maximum atomic E-state index is 11.9. The third kappa shape index (κ3) is 4.85. The van der Waals surface area contributed by atoms with E-state index < -0.39 is 11.0 Å². The lowest BCUT2D eigenvalue weighted by Crippen LogP contribution is -2.19. The molecule has 0 aliphatic rings. The summed E-state index contributed by atoms with van der Waals surface area (Å²) in [5, 5.41) is 15.9. The van der Waals surface area contributed by atoms with Crippen LogP contribution in [0.15, 0.2) is 61.2 Å².